The molecule has 0 bridgehead atoms. The van der Waals surface area contributed by atoms with Crippen molar-refractivity contribution in [3.63, 3.8) is 0 Å². The summed E-state index contributed by atoms with van der Waals surface area (Å²) in [7, 11) is 0. The average molecular weight is 775 g/mol. The van der Waals surface area contributed by atoms with E-state index in [9.17, 15) is 0 Å². The number of benzene rings is 10. The van der Waals surface area contributed by atoms with Crippen LogP contribution < -0.4 is 4.74 Å². The molecule has 0 N–H and O–H groups in total. The van der Waals surface area contributed by atoms with Gasteiger partial charge in [-0.2, -0.15) is 0 Å². The molecule has 10 aromatic carbocycles. The summed E-state index contributed by atoms with van der Waals surface area (Å²) < 4.78 is 12.8. The Morgan fingerprint density at radius 3 is 1.40 bits per heavy atom. The van der Waals surface area contributed by atoms with E-state index in [4.69, 9.17) is 9.15 Å². The van der Waals surface area contributed by atoms with Crippen LogP contribution in [0.4, 0.5) is 0 Å². The molecule has 1 heterocycles. The van der Waals surface area contributed by atoms with Gasteiger partial charge in [0.25, 0.3) is 0 Å². The van der Waals surface area contributed by atoms with Crippen molar-refractivity contribution in [3.8, 4) is 39.1 Å². The van der Waals surface area contributed by atoms with E-state index < -0.39 is 0 Å². The Balaban J connectivity index is 1.09. The molecule has 0 saturated carbocycles. The maximum absolute atomic E-state index is 6.56. The smallest absolute Gasteiger partial charge is 0.143 e. The highest BCUT2D eigenvalue weighted by Gasteiger charge is 2.23. The quantitative estimate of drug-likeness (QED) is 0.0965. The van der Waals surface area contributed by atoms with Crippen molar-refractivity contribution >= 4 is 75.8 Å². The number of furan rings is 1. The van der Waals surface area contributed by atoms with Crippen molar-refractivity contribution in [2.24, 2.45) is 0 Å². The molecule has 0 radical (unpaired) electrons. The highest BCUT2D eigenvalue weighted by molar-refractivity contribution is 6.30. The van der Waals surface area contributed by atoms with Crippen molar-refractivity contribution in [1.82, 2.24) is 0 Å². The number of rotatable bonds is 11. The van der Waals surface area contributed by atoms with Gasteiger partial charge in [0.1, 0.15) is 16.9 Å². The molecular formula is C58H46O2. The molecule has 11 aromatic rings. The fraction of sp³-hybridized carbons (Fsp3) is 0.138. The Morgan fingerprint density at radius 1 is 0.367 bits per heavy atom. The molecule has 0 aliphatic rings. The Kier molecular flexibility index (Phi) is 9.27. The van der Waals surface area contributed by atoms with Crippen molar-refractivity contribution in [1.29, 1.82) is 0 Å². The number of hydrogen-bond acceptors (Lipinski definition) is 2. The van der Waals surface area contributed by atoms with Gasteiger partial charge >= 0.3 is 0 Å². The molecule has 290 valence electrons. The number of hydrogen-bond donors (Lipinski definition) is 0. The lowest BCUT2D eigenvalue weighted by Crippen LogP contribution is -1.97. The van der Waals surface area contributed by atoms with Gasteiger partial charge in [-0.05, 0) is 119 Å². The van der Waals surface area contributed by atoms with E-state index in [1.807, 2.05) is 0 Å². The first-order chi connectivity index (χ1) is 29.8. The van der Waals surface area contributed by atoms with Gasteiger partial charge in [-0.1, -0.05) is 185 Å². The van der Waals surface area contributed by atoms with E-state index in [0.29, 0.717) is 0 Å². The van der Waals surface area contributed by atoms with Crippen LogP contribution in [-0.4, -0.2) is 6.61 Å². The van der Waals surface area contributed by atoms with Gasteiger partial charge in [0.2, 0.25) is 0 Å². The third-order valence-electron chi connectivity index (χ3n) is 12.7. The molecule has 0 aliphatic heterocycles. The fourth-order valence-corrected chi connectivity index (χ4v) is 9.87. The van der Waals surface area contributed by atoms with Crippen LogP contribution in [0.15, 0.2) is 180 Å². The topological polar surface area (TPSA) is 22.4 Å². The van der Waals surface area contributed by atoms with Gasteiger partial charge in [-0.15, -0.1) is 0 Å². The van der Waals surface area contributed by atoms with E-state index in [1.165, 1.54) is 114 Å². The van der Waals surface area contributed by atoms with Gasteiger partial charge in [0.05, 0.1) is 6.61 Å². The summed E-state index contributed by atoms with van der Waals surface area (Å²) in [4.78, 5) is 0. The molecule has 1 aromatic heterocycles. The Labute approximate surface area is 350 Å². The van der Waals surface area contributed by atoms with Crippen LogP contribution in [0, 0.1) is 0 Å². The van der Waals surface area contributed by atoms with Crippen molar-refractivity contribution in [2.75, 3.05) is 6.61 Å². The first-order valence-corrected chi connectivity index (χ1v) is 21.7. The van der Waals surface area contributed by atoms with Crippen LogP contribution in [0.2, 0.25) is 0 Å². The second-order valence-electron chi connectivity index (χ2n) is 16.3. The molecule has 0 atom stereocenters. The summed E-state index contributed by atoms with van der Waals surface area (Å²) in [6.07, 6.45) is 7.54. The fourth-order valence-electron chi connectivity index (χ4n) is 9.87. The van der Waals surface area contributed by atoms with Crippen molar-refractivity contribution in [2.45, 2.75) is 45.4 Å². The Bertz CT molecular complexity index is 3270. The maximum atomic E-state index is 6.56. The molecular weight excluding hydrogens is 729 g/mol. The lowest BCUT2D eigenvalue weighted by atomic mass is 9.81. The van der Waals surface area contributed by atoms with E-state index in [2.05, 4.69) is 183 Å². The number of unbranched alkanes of at least 4 members (excludes halogenated alkanes) is 5. The van der Waals surface area contributed by atoms with E-state index >= 15 is 0 Å². The molecule has 2 heteroatoms. The van der Waals surface area contributed by atoms with Gasteiger partial charge in [-0.3, -0.25) is 0 Å². The number of ether oxygens (including phenoxy) is 1. The highest BCUT2D eigenvalue weighted by atomic mass is 16.5. The van der Waals surface area contributed by atoms with Crippen LogP contribution in [0.3, 0.4) is 0 Å². The predicted molar refractivity (Wildman–Crippen MR) is 256 cm³/mol. The predicted octanol–water partition coefficient (Wildman–Crippen LogP) is 17.1. The first kappa shape index (κ1) is 36.2. The largest absolute Gasteiger partial charge is 0.494 e. The summed E-state index contributed by atoms with van der Waals surface area (Å²) in [6, 6.07) is 64.4. The van der Waals surface area contributed by atoms with Crippen molar-refractivity contribution in [3.05, 3.63) is 176 Å². The summed E-state index contributed by atoms with van der Waals surface area (Å²) in [5, 5.41) is 14.5. The normalized spacial score (nSPS) is 11.9. The zero-order chi connectivity index (χ0) is 40.0. The zero-order valence-electron chi connectivity index (χ0n) is 34.0. The standard InChI is InChI=1S/C58H46O2/c1-2-3-4-5-6-17-36-59-41-32-28-39(29-33-41)54-43-20-9-13-24-47(43)56(48-25-14-10-21-44(48)54)57-49-26-15-11-22-45(49)55(46-23-12-16-27-50(46)57)40-31-35-53-52(37-40)51-34-30-38-18-7-8-19-42(38)58(51)60-53/h7-16,18-35,37H,2-6,17,36H2,1H3. The van der Waals surface area contributed by atoms with Gasteiger partial charge in [-0.25, -0.2) is 0 Å². The molecule has 0 unspecified atom stereocenters. The first-order valence-electron chi connectivity index (χ1n) is 21.7. The van der Waals surface area contributed by atoms with Crippen LogP contribution in [-0.2, 0) is 0 Å². The van der Waals surface area contributed by atoms with Gasteiger partial charge in [0, 0.05) is 16.2 Å². The molecule has 0 amide bonds. The van der Waals surface area contributed by atoms with Crippen LogP contribution >= 0.6 is 0 Å². The second-order valence-corrected chi connectivity index (χ2v) is 16.3. The second kappa shape index (κ2) is 15.4. The highest BCUT2D eigenvalue weighted by Crippen LogP contribution is 2.50. The van der Waals surface area contributed by atoms with E-state index in [1.54, 1.807) is 0 Å². The van der Waals surface area contributed by atoms with Gasteiger partial charge < -0.3 is 9.15 Å². The Hall–Kier alpha value is -6.90. The number of fused-ring (bicyclic) bond motifs is 9. The minimum Gasteiger partial charge on any atom is -0.494 e. The lowest BCUT2D eigenvalue weighted by molar-refractivity contribution is 0.304. The van der Waals surface area contributed by atoms with Crippen molar-refractivity contribution < 1.29 is 9.15 Å². The summed E-state index contributed by atoms with van der Waals surface area (Å²) in [5.74, 6) is 0.934. The molecule has 2 nitrogen and oxygen atoms in total. The molecule has 0 fully saturated rings. The van der Waals surface area contributed by atoms with Crippen LogP contribution in [0.25, 0.3) is 109 Å². The Morgan fingerprint density at radius 2 is 0.833 bits per heavy atom. The molecule has 0 saturated heterocycles. The van der Waals surface area contributed by atoms with E-state index in [-0.39, 0.29) is 0 Å². The molecule has 60 heavy (non-hydrogen) atoms. The SMILES string of the molecule is CCCCCCCCOc1ccc(-c2c3ccccc3c(-c3c4ccccc4c(-c4ccc5oc6c7ccccc7ccc6c5c4)c4ccccc34)c3ccccc23)cc1. The maximum Gasteiger partial charge on any atom is 0.143 e. The summed E-state index contributed by atoms with van der Waals surface area (Å²) in [5.41, 5.74) is 9.26. The van der Waals surface area contributed by atoms with Crippen LogP contribution in [0.5, 0.6) is 5.75 Å². The molecule has 0 aliphatic carbocycles. The molecule has 0 spiro atoms. The summed E-state index contributed by atoms with van der Waals surface area (Å²) >= 11 is 0. The van der Waals surface area contributed by atoms with Gasteiger partial charge in [0.15, 0.2) is 0 Å². The summed E-state index contributed by atoms with van der Waals surface area (Å²) in [6.45, 7) is 3.03. The third-order valence-corrected chi connectivity index (χ3v) is 12.7. The minimum absolute atomic E-state index is 0.763. The lowest BCUT2D eigenvalue weighted by Gasteiger charge is -2.22. The minimum atomic E-state index is 0.763. The average Bonchev–Trinajstić information content (AvgIpc) is 3.69. The zero-order valence-corrected chi connectivity index (χ0v) is 34.0. The van der Waals surface area contributed by atoms with E-state index in [0.717, 1.165) is 46.1 Å². The molecule has 11 rings (SSSR count). The van der Waals surface area contributed by atoms with Crippen LogP contribution in [0.1, 0.15) is 45.4 Å². The monoisotopic (exact) mass is 774 g/mol. The third kappa shape index (κ3) is 6.09.